The molecule has 8 heteroatoms. The van der Waals surface area contributed by atoms with Gasteiger partial charge in [-0.15, -0.1) is 10.2 Å². The maximum atomic E-state index is 12.8. The Hall–Kier alpha value is -1.67. The van der Waals surface area contributed by atoms with Crippen molar-refractivity contribution in [2.75, 3.05) is 31.1 Å². The molecule has 1 amide bonds. The van der Waals surface area contributed by atoms with E-state index in [1.165, 1.54) is 37.1 Å². The van der Waals surface area contributed by atoms with E-state index in [1.807, 2.05) is 36.1 Å². The van der Waals surface area contributed by atoms with E-state index in [-0.39, 0.29) is 5.91 Å². The van der Waals surface area contributed by atoms with Crippen LogP contribution in [0.2, 0.25) is 0 Å². The number of hydrogen-bond donors (Lipinski definition) is 0. The average molecular weight is 479 g/mol. The number of ether oxygens (including phenoxy) is 1. The molecule has 1 saturated carbocycles. The lowest BCUT2D eigenvalue weighted by molar-refractivity contribution is -0.138. The zero-order valence-corrected chi connectivity index (χ0v) is 19.1. The topological polar surface area (TPSA) is 58.6 Å². The van der Waals surface area contributed by atoms with Gasteiger partial charge in [0.1, 0.15) is 10.8 Å². The lowest BCUT2D eigenvalue weighted by atomic mass is 9.90. The predicted octanol–water partition coefficient (Wildman–Crippen LogP) is 4.46. The van der Waals surface area contributed by atoms with Gasteiger partial charge in [-0.2, -0.15) is 0 Å². The number of anilines is 1. The van der Waals surface area contributed by atoms with E-state index in [1.54, 1.807) is 11.3 Å². The number of piperazine rings is 1. The largest absolute Gasteiger partial charge is 0.481 e. The quantitative estimate of drug-likeness (QED) is 0.634. The summed E-state index contributed by atoms with van der Waals surface area (Å²) >= 11 is 5.14. The predicted molar refractivity (Wildman–Crippen MR) is 119 cm³/mol. The molecule has 0 N–H and O–H groups in total. The number of rotatable bonds is 5. The van der Waals surface area contributed by atoms with Crippen molar-refractivity contribution in [3.8, 4) is 5.75 Å². The summed E-state index contributed by atoms with van der Waals surface area (Å²) in [6, 6.07) is 7.56. The molecule has 2 aromatic rings. The van der Waals surface area contributed by atoms with Crippen LogP contribution >= 0.6 is 27.3 Å². The van der Waals surface area contributed by atoms with Crippen molar-refractivity contribution in [1.82, 2.24) is 15.1 Å². The highest BCUT2D eigenvalue weighted by Crippen LogP contribution is 2.36. The SMILES string of the molecule is CC(Oc1ccc(Br)cc1)C(=O)N1CCN(c2nnc(C3CCCCC3)s2)CC1. The lowest BCUT2D eigenvalue weighted by Crippen LogP contribution is -2.52. The molecule has 1 aliphatic carbocycles. The minimum atomic E-state index is -0.498. The van der Waals surface area contributed by atoms with E-state index in [9.17, 15) is 4.79 Å². The maximum Gasteiger partial charge on any atom is 0.263 e. The van der Waals surface area contributed by atoms with Crippen LogP contribution in [0.1, 0.15) is 50.0 Å². The third-order valence-corrected chi connectivity index (χ3v) is 7.40. The number of halogens is 1. The summed E-state index contributed by atoms with van der Waals surface area (Å²) in [4.78, 5) is 16.9. The molecule has 1 saturated heterocycles. The van der Waals surface area contributed by atoms with Crippen LogP contribution in [0.25, 0.3) is 0 Å². The molecule has 2 aliphatic rings. The molecular weight excluding hydrogens is 452 g/mol. The Morgan fingerprint density at radius 3 is 2.48 bits per heavy atom. The van der Waals surface area contributed by atoms with Crippen LogP contribution in [0.4, 0.5) is 5.13 Å². The zero-order chi connectivity index (χ0) is 20.2. The first-order chi connectivity index (χ1) is 14.1. The van der Waals surface area contributed by atoms with Gasteiger partial charge in [0.15, 0.2) is 6.10 Å². The Kier molecular flexibility index (Phi) is 6.70. The van der Waals surface area contributed by atoms with E-state index in [0.29, 0.717) is 24.8 Å². The van der Waals surface area contributed by atoms with Crippen LogP contribution in [-0.4, -0.2) is 53.3 Å². The number of aromatic nitrogens is 2. The molecule has 1 atom stereocenters. The highest BCUT2D eigenvalue weighted by molar-refractivity contribution is 9.10. The van der Waals surface area contributed by atoms with Crippen LogP contribution in [0, 0.1) is 0 Å². The third kappa shape index (κ3) is 5.09. The fourth-order valence-electron chi connectivity index (χ4n) is 4.01. The van der Waals surface area contributed by atoms with E-state index < -0.39 is 6.10 Å². The highest BCUT2D eigenvalue weighted by atomic mass is 79.9. The summed E-state index contributed by atoms with van der Waals surface area (Å²) in [6.07, 6.45) is 5.95. The summed E-state index contributed by atoms with van der Waals surface area (Å²) in [5.41, 5.74) is 0. The van der Waals surface area contributed by atoms with Gasteiger partial charge < -0.3 is 14.5 Å². The van der Waals surface area contributed by atoms with Crippen LogP contribution < -0.4 is 9.64 Å². The highest BCUT2D eigenvalue weighted by Gasteiger charge is 2.28. The van der Waals surface area contributed by atoms with Crippen molar-refractivity contribution in [3.63, 3.8) is 0 Å². The van der Waals surface area contributed by atoms with Crippen LogP contribution in [0.5, 0.6) is 5.75 Å². The van der Waals surface area contributed by atoms with Crippen LogP contribution in [0.15, 0.2) is 28.7 Å². The number of hydrogen-bond acceptors (Lipinski definition) is 6. The average Bonchev–Trinajstić information content (AvgIpc) is 3.26. The van der Waals surface area contributed by atoms with E-state index in [2.05, 4.69) is 31.0 Å². The smallest absolute Gasteiger partial charge is 0.263 e. The molecule has 6 nitrogen and oxygen atoms in total. The van der Waals surface area contributed by atoms with Gasteiger partial charge in [0, 0.05) is 36.6 Å². The van der Waals surface area contributed by atoms with Crippen molar-refractivity contribution < 1.29 is 9.53 Å². The second-order valence-corrected chi connectivity index (χ2v) is 9.69. The minimum Gasteiger partial charge on any atom is -0.481 e. The van der Waals surface area contributed by atoms with Gasteiger partial charge in [0.25, 0.3) is 5.91 Å². The molecule has 0 spiro atoms. The zero-order valence-electron chi connectivity index (χ0n) is 16.7. The maximum absolute atomic E-state index is 12.8. The van der Waals surface area contributed by atoms with Gasteiger partial charge in [-0.1, -0.05) is 46.5 Å². The number of carbonyl (C=O) groups excluding carboxylic acids is 1. The first kappa shape index (κ1) is 20.6. The number of amides is 1. The lowest BCUT2D eigenvalue weighted by Gasteiger charge is -2.35. The first-order valence-electron chi connectivity index (χ1n) is 10.4. The van der Waals surface area contributed by atoms with Crippen LogP contribution in [-0.2, 0) is 4.79 Å². The van der Waals surface area contributed by atoms with Crippen molar-refractivity contribution in [2.24, 2.45) is 0 Å². The van der Waals surface area contributed by atoms with Crippen molar-refractivity contribution >= 4 is 38.3 Å². The summed E-state index contributed by atoms with van der Waals surface area (Å²) < 4.78 is 6.81. The molecule has 0 radical (unpaired) electrons. The summed E-state index contributed by atoms with van der Waals surface area (Å²) in [5, 5.41) is 11.1. The van der Waals surface area contributed by atoms with Crippen molar-refractivity contribution in [3.05, 3.63) is 33.7 Å². The molecule has 1 unspecified atom stereocenters. The molecule has 2 fully saturated rings. The van der Waals surface area contributed by atoms with Gasteiger partial charge in [0.05, 0.1) is 0 Å². The molecule has 1 aromatic carbocycles. The molecule has 156 valence electrons. The van der Waals surface area contributed by atoms with E-state index in [4.69, 9.17) is 4.74 Å². The Labute approximate surface area is 184 Å². The fraction of sp³-hybridized carbons (Fsp3) is 0.571. The van der Waals surface area contributed by atoms with Crippen molar-refractivity contribution in [2.45, 2.75) is 51.0 Å². The second kappa shape index (κ2) is 9.43. The number of benzene rings is 1. The minimum absolute atomic E-state index is 0.0349. The first-order valence-corrected chi connectivity index (χ1v) is 12.0. The molecular formula is C21H27BrN4O2S. The van der Waals surface area contributed by atoms with Gasteiger partial charge in [-0.05, 0) is 44.0 Å². The van der Waals surface area contributed by atoms with Gasteiger partial charge in [0.2, 0.25) is 5.13 Å². The molecule has 1 aliphatic heterocycles. The monoisotopic (exact) mass is 478 g/mol. The van der Waals surface area contributed by atoms with Gasteiger partial charge in [-0.25, -0.2) is 0 Å². The summed E-state index contributed by atoms with van der Waals surface area (Å²) in [6.45, 7) is 4.76. The summed E-state index contributed by atoms with van der Waals surface area (Å²) in [5.74, 6) is 1.33. The van der Waals surface area contributed by atoms with E-state index in [0.717, 1.165) is 22.7 Å². The molecule has 4 rings (SSSR count). The fourth-order valence-corrected chi connectivity index (χ4v) is 5.34. The normalized spacial score (nSPS) is 19.2. The summed E-state index contributed by atoms with van der Waals surface area (Å²) in [7, 11) is 0. The van der Waals surface area contributed by atoms with Crippen molar-refractivity contribution in [1.29, 1.82) is 0 Å². The Morgan fingerprint density at radius 1 is 1.10 bits per heavy atom. The third-order valence-electron chi connectivity index (χ3n) is 5.72. The van der Waals surface area contributed by atoms with Gasteiger partial charge >= 0.3 is 0 Å². The molecule has 29 heavy (non-hydrogen) atoms. The van der Waals surface area contributed by atoms with Crippen LogP contribution in [0.3, 0.4) is 0 Å². The molecule has 0 bridgehead atoms. The van der Waals surface area contributed by atoms with E-state index >= 15 is 0 Å². The Balaban J connectivity index is 1.29. The van der Waals surface area contributed by atoms with Gasteiger partial charge in [-0.3, -0.25) is 4.79 Å². The molecule has 2 heterocycles. The number of carbonyl (C=O) groups is 1. The Morgan fingerprint density at radius 2 is 1.79 bits per heavy atom. The standard InChI is InChI=1S/C21H27BrN4O2S/c1-15(28-18-9-7-17(22)8-10-18)20(27)25-11-13-26(14-12-25)21-24-23-19(29-21)16-5-3-2-4-6-16/h7-10,15-16H,2-6,11-14H2,1H3. The molecule has 1 aromatic heterocycles. The Bertz CT molecular complexity index is 814. The second-order valence-electron chi connectivity index (χ2n) is 7.78. The number of nitrogens with zero attached hydrogens (tertiary/aromatic N) is 4.